The van der Waals surface area contributed by atoms with E-state index in [0.29, 0.717) is 5.57 Å². The van der Waals surface area contributed by atoms with E-state index in [1.54, 1.807) is 19.9 Å². The number of ether oxygens (including phenoxy) is 1. The lowest BCUT2D eigenvalue weighted by atomic mass is 10.0. The zero-order valence-corrected chi connectivity index (χ0v) is 11.4. The van der Waals surface area contributed by atoms with Crippen molar-refractivity contribution < 1.29 is 19.4 Å². The maximum atomic E-state index is 12.1. The van der Waals surface area contributed by atoms with Crippen LogP contribution in [0.2, 0.25) is 0 Å². The number of rotatable bonds is 4. The SMILES string of the molecule is CC(C)[C@H](NC(=O)C1=Cc2ccccc2OC1)C(=O)O. The molecule has 0 fully saturated rings. The summed E-state index contributed by atoms with van der Waals surface area (Å²) in [7, 11) is 0. The first-order valence-electron chi connectivity index (χ1n) is 6.45. The standard InChI is InChI=1S/C15H17NO4/c1-9(2)13(15(18)19)16-14(17)11-7-10-5-3-4-6-12(10)20-8-11/h3-7,9,13H,8H2,1-2H3,(H,16,17)(H,18,19)/t13-/m0/s1. The lowest BCUT2D eigenvalue weighted by Gasteiger charge is -2.21. The second kappa shape index (κ2) is 5.77. The van der Waals surface area contributed by atoms with Crippen LogP contribution in [0.1, 0.15) is 19.4 Å². The van der Waals surface area contributed by atoms with Crippen molar-refractivity contribution >= 4 is 18.0 Å². The fourth-order valence-corrected chi connectivity index (χ4v) is 1.99. The molecular formula is C15H17NO4. The van der Waals surface area contributed by atoms with Gasteiger partial charge in [0.15, 0.2) is 0 Å². The zero-order valence-electron chi connectivity index (χ0n) is 11.4. The third-order valence-corrected chi connectivity index (χ3v) is 3.14. The number of carboxylic acids is 1. The summed E-state index contributed by atoms with van der Waals surface area (Å²) in [5.41, 5.74) is 1.25. The van der Waals surface area contributed by atoms with Crippen LogP contribution in [0.5, 0.6) is 5.75 Å². The predicted molar refractivity (Wildman–Crippen MR) is 74.3 cm³/mol. The molecule has 1 aliphatic rings. The van der Waals surface area contributed by atoms with Crippen LogP contribution in [0.3, 0.4) is 0 Å². The van der Waals surface area contributed by atoms with Gasteiger partial charge in [-0.05, 0) is 18.1 Å². The Balaban J connectivity index is 2.15. The number of amides is 1. The van der Waals surface area contributed by atoms with E-state index in [1.165, 1.54) is 0 Å². The smallest absolute Gasteiger partial charge is 0.326 e. The Bertz CT molecular complexity index is 563. The Kier molecular flexibility index (Phi) is 4.08. The van der Waals surface area contributed by atoms with Crippen molar-refractivity contribution in [1.82, 2.24) is 5.32 Å². The Labute approximate surface area is 117 Å². The summed E-state index contributed by atoms with van der Waals surface area (Å²) in [6, 6.07) is 6.48. The van der Waals surface area contributed by atoms with Crippen LogP contribution < -0.4 is 10.1 Å². The summed E-state index contributed by atoms with van der Waals surface area (Å²) in [6.45, 7) is 3.65. The zero-order chi connectivity index (χ0) is 14.7. The van der Waals surface area contributed by atoms with Gasteiger partial charge in [0, 0.05) is 5.56 Å². The molecule has 1 heterocycles. The Morgan fingerprint density at radius 1 is 1.30 bits per heavy atom. The third-order valence-electron chi connectivity index (χ3n) is 3.14. The summed E-state index contributed by atoms with van der Waals surface area (Å²) in [6.07, 6.45) is 1.73. The van der Waals surface area contributed by atoms with Crippen molar-refractivity contribution in [2.75, 3.05) is 6.61 Å². The Morgan fingerprint density at radius 2 is 2.00 bits per heavy atom. The van der Waals surface area contributed by atoms with Crippen LogP contribution in [0.4, 0.5) is 0 Å². The number of carboxylic acid groups (broad SMARTS) is 1. The minimum atomic E-state index is -1.04. The maximum Gasteiger partial charge on any atom is 0.326 e. The number of benzene rings is 1. The first kappa shape index (κ1) is 14.1. The van der Waals surface area contributed by atoms with Crippen LogP contribution in [0, 0.1) is 5.92 Å². The van der Waals surface area contributed by atoms with Gasteiger partial charge in [0.1, 0.15) is 18.4 Å². The van der Waals surface area contributed by atoms with Gasteiger partial charge in [0.05, 0.1) is 5.57 Å². The molecule has 2 rings (SSSR count). The van der Waals surface area contributed by atoms with Crippen molar-refractivity contribution in [3.05, 3.63) is 35.4 Å². The van der Waals surface area contributed by atoms with E-state index >= 15 is 0 Å². The molecular weight excluding hydrogens is 258 g/mol. The molecule has 0 aliphatic carbocycles. The van der Waals surface area contributed by atoms with Crippen molar-refractivity contribution in [1.29, 1.82) is 0 Å². The fourth-order valence-electron chi connectivity index (χ4n) is 1.99. The maximum absolute atomic E-state index is 12.1. The van der Waals surface area contributed by atoms with Crippen LogP contribution in [-0.4, -0.2) is 29.6 Å². The number of carbonyl (C=O) groups is 2. The minimum absolute atomic E-state index is 0.146. The number of para-hydroxylation sites is 1. The van der Waals surface area contributed by atoms with Gasteiger partial charge >= 0.3 is 5.97 Å². The number of carbonyl (C=O) groups excluding carboxylic acids is 1. The van der Waals surface area contributed by atoms with Crippen LogP contribution in [-0.2, 0) is 9.59 Å². The molecule has 0 aromatic heterocycles. The van der Waals surface area contributed by atoms with Crippen molar-refractivity contribution in [2.45, 2.75) is 19.9 Å². The van der Waals surface area contributed by atoms with E-state index in [0.717, 1.165) is 11.3 Å². The van der Waals surface area contributed by atoms with E-state index in [1.807, 2.05) is 24.3 Å². The highest BCUT2D eigenvalue weighted by molar-refractivity contribution is 6.00. The van der Waals surface area contributed by atoms with Gasteiger partial charge in [0.2, 0.25) is 0 Å². The van der Waals surface area contributed by atoms with Crippen molar-refractivity contribution in [2.24, 2.45) is 5.92 Å². The highest BCUT2D eigenvalue weighted by atomic mass is 16.5. The average Bonchev–Trinajstić information content (AvgIpc) is 2.43. The largest absolute Gasteiger partial charge is 0.488 e. The quantitative estimate of drug-likeness (QED) is 0.876. The molecule has 1 aliphatic heterocycles. The molecule has 0 unspecified atom stereocenters. The normalized spacial score (nSPS) is 14.8. The lowest BCUT2D eigenvalue weighted by molar-refractivity contribution is -0.142. The topological polar surface area (TPSA) is 75.6 Å². The molecule has 106 valence electrons. The van der Waals surface area contributed by atoms with E-state index in [2.05, 4.69) is 5.32 Å². The Hall–Kier alpha value is -2.30. The van der Waals surface area contributed by atoms with E-state index in [4.69, 9.17) is 9.84 Å². The van der Waals surface area contributed by atoms with Gasteiger partial charge in [-0.15, -0.1) is 0 Å². The van der Waals surface area contributed by atoms with E-state index in [9.17, 15) is 9.59 Å². The summed E-state index contributed by atoms with van der Waals surface area (Å²) in [5, 5.41) is 11.6. The van der Waals surface area contributed by atoms with Gasteiger partial charge in [-0.25, -0.2) is 4.79 Å². The minimum Gasteiger partial charge on any atom is -0.488 e. The highest BCUT2D eigenvalue weighted by Crippen LogP contribution is 2.25. The predicted octanol–water partition coefficient (Wildman–Crippen LogP) is 1.69. The second-order valence-electron chi connectivity index (χ2n) is 5.03. The average molecular weight is 275 g/mol. The summed E-state index contributed by atoms with van der Waals surface area (Å²) < 4.78 is 5.48. The van der Waals surface area contributed by atoms with E-state index in [-0.39, 0.29) is 12.5 Å². The van der Waals surface area contributed by atoms with Gasteiger partial charge in [-0.1, -0.05) is 32.0 Å². The molecule has 0 saturated heterocycles. The first-order valence-corrected chi connectivity index (χ1v) is 6.45. The summed E-state index contributed by atoms with van der Waals surface area (Å²) in [5.74, 6) is -0.900. The van der Waals surface area contributed by atoms with Gasteiger partial charge in [0.25, 0.3) is 5.91 Å². The molecule has 0 radical (unpaired) electrons. The number of aliphatic carboxylic acids is 1. The third kappa shape index (κ3) is 2.99. The molecule has 1 atom stereocenters. The molecule has 1 amide bonds. The molecule has 5 heteroatoms. The molecule has 5 nitrogen and oxygen atoms in total. The van der Waals surface area contributed by atoms with Crippen LogP contribution in [0.25, 0.3) is 6.08 Å². The monoisotopic (exact) mass is 275 g/mol. The Morgan fingerprint density at radius 3 is 2.65 bits per heavy atom. The van der Waals surface area contributed by atoms with Gasteiger partial charge in [-0.3, -0.25) is 4.79 Å². The van der Waals surface area contributed by atoms with Crippen molar-refractivity contribution in [3.8, 4) is 5.75 Å². The number of hydrogen-bond acceptors (Lipinski definition) is 3. The van der Waals surface area contributed by atoms with Gasteiger partial charge < -0.3 is 15.2 Å². The molecule has 20 heavy (non-hydrogen) atoms. The fraction of sp³-hybridized carbons (Fsp3) is 0.333. The summed E-state index contributed by atoms with van der Waals surface area (Å²) in [4.78, 5) is 23.2. The first-order chi connectivity index (χ1) is 9.49. The van der Waals surface area contributed by atoms with Gasteiger partial charge in [-0.2, -0.15) is 0 Å². The number of fused-ring (bicyclic) bond motifs is 1. The number of hydrogen-bond donors (Lipinski definition) is 2. The van der Waals surface area contributed by atoms with E-state index < -0.39 is 17.9 Å². The molecule has 0 saturated carbocycles. The summed E-state index contributed by atoms with van der Waals surface area (Å²) >= 11 is 0. The lowest BCUT2D eigenvalue weighted by Crippen LogP contribution is -2.45. The molecule has 0 spiro atoms. The van der Waals surface area contributed by atoms with Crippen LogP contribution in [0.15, 0.2) is 29.8 Å². The number of nitrogens with one attached hydrogen (secondary N) is 1. The molecule has 1 aromatic rings. The molecule has 0 bridgehead atoms. The molecule has 1 aromatic carbocycles. The van der Waals surface area contributed by atoms with Crippen LogP contribution >= 0.6 is 0 Å². The molecule has 2 N–H and O–H groups in total. The van der Waals surface area contributed by atoms with Crippen molar-refractivity contribution in [3.63, 3.8) is 0 Å². The second-order valence-corrected chi connectivity index (χ2v) is 5.03. The highest BCUT2D eigenvalue weighted by Gasteiger charge is 2.26.